The lowest BCUT2D eigenvalue weighted by Crippen LogP contribution is -2.47. The summed E-state index contributed by atoms with van der Waals surface area (Å²) in [6, 6.07) is 0. The Morgan fingerprint density at radius 1 is 1.20 bits per heavy atom. The molecule has 0 aromatic rings. The van der Waals surface area contributed by atoms with Crippen molar-refractivity contribution in [2.75, 3.05) is 0 Å². The number of esters is 2. The van der Waals surface area contributed by atoms with Crippen LogP contribution in [0.1, 0.15) is 46.5 Å². The summed E-state index contributed by atoms with van der Waals surface area (Å²) < 4.78 is 10.5. The van der Waals surface area contributed by atoms with E-state index in [0.29, 0.717) is 0 Å². The fourth-order valence-corrected chi connectivity index (χ4v) is 2.10. The van der Waals surface area contributed by atoms with Gasteiger partial charge in [-0.1, -0.05) is 0 Å². The van der Waals surface area contributed by atoms with Crippen LogP contribution in [-0.4, -0.2) is 23.6 Å². The zero-order chi connectivity index (χ0) is 11.5. The first-order chi connectivity index (χ1) is 6.94. The molecule has 0 amide bonds. The molecule has 1 rings (SSSR count). The first kappa shape index (κ1) is 12.0. The smallest absolute Gasteiger partial charge is 0.303 e. The van der Waals surface area contributed by atoms with Crippen molar-refractivity contribution in [3.05, 3.63) is 0 Å². The minimum atomic E-state index is -0.643. The van der Waals surface area contributed by atoms with Crippen LogP contribution in [0.4, 0.5) is 0 Å². The summed E-state index contributed by atoms with van der Waals surface area (Å²) in [6.45, 7) is 4.59. The van der Waals surface area contributed by atoms with Gasteiger partial charge in [0.05, 0.1) is 0 Å². The molecule has 86 valence electrons. The number of hydrogen-bond donors (Lipinski definition) is 0. The standard InChI is InChI=1S/C11H18O4/c1-8(12)14-10-6-4-5-7-11(10,3)15-9(2)13/h10H,4-7H2,1-3H3/t10-,11-/m1/s1. The van der Waals surface area contributed by atoms with Gasteiger partial charge in [-0.2, -0.15) is 0 Å². The van der Waals surface area contributed by atoms with E-state index in [4.69, 9.17) is 9.47 Å². The Labute approximate surface area is 89.9 Å². The Kier molecular flexibility index (Phi) is 3.72. The van der Waals surface area contributed by atoms with Crippen LogP contribution in [-0.2, 0) is 19.1 Å². The van der Waals surface area contributed by atoms with Crippen LogP contribution in [0.3, 0.4) is 0 Å². The van der Waals surface area contributed by atoms with Crippen LogP contribution in [0.25, 0.3) is 0 Å². The molecular formula is C11H18O4. The van der Waals surface area contributed by atoms with Gasteiger partial charge >= 0.3 is 11.9 Å². The van der Waals surface area contributed by atoms with E-state index >= 15 is 0 Å². The number of hydrogen-bond acceptors (Lipinski definition) is 4. The fourth-order valence-electron chi connectivity index (χ4n) is 2.10. The zero-order valence-electron chi connectivity index (χ0n) is 9.54. The lowest BCUT2D eigenvalue weighted by Gasteiger charge is -2.39. The Balaban J connectivity index is 2.71. The summed E-state index contributed by atoms with van der Waals surface area (Å²) in [7, 11) is 0. The van der Waals surface area contributed by atoms with Crippen molar-refractivity contribution in [2.24, 2.45) is 0 Å². The Hall–Kier alpha value is -1.06. The summed E-state index contributed by atoms with van der Waals surface area (Å²) in [6.07, 6.45) is 3.23. The molecule has 0 spiro atoms. The van der Waals surface area contributed by atoms with Crippen LogP contribution >= 0.6 is 0 Å². The molecule has 0 heterocycles. The minimum absolute atomic E-state index is 0.298. The van der Waals surface area contributed by atoms with Gasteiger partial charge in [-0.3, -0.25) is 9.59 Å². The Morgan fingerprint density at radius 2 is 1.87 bits per heavy atom. The van der Waals surface area contributed by atoms with Crippen molar-refractivity contribution in [1.29, 1.82) is 0 Å². The average Bonchev–Trinajstić information content (AvgIpc) is 2.07. The highest BCUT2D eigenvalue weighted by Gasteiger charge is 2.41. The third-order valence-corrected chi connectivity index (χ3v) is 2.76. The van der Waals surface area contributed by atoms with Gasteiger partial charge in [-0.15, -0.1) is 0 Å². The minimum Gasteiger partial charge on any atom is -0.458 e. The maximum absolute atomic E-state index is 11.0. The van der Waals surface area contributed by atoms with E-state index in [0.717, 1.165) is 25.7 Å². The Morgan fingerprint density at radius 3 is 2.40 bits per heavy atom. The molecule has 0 aromatic heterocycles. The van der Waals surface area contributed by atoms with Gasteiger partial charge in [0.1, 0.15) is 11.7 Å². The van der Waals surface area contributed by atoms with E-state index in [2.05, 4.69) is 0 Å². The van der Waals surface area contributed by atoms with Crippen LogP contribution in [0, 0.1) is 0 Å². The van der Waals surface area contributed by atoms with Gasteiger partial charge in [0.25, 0.3) is 0 Å². The second-order valence-corrected chi connectivity index (χ2v) is 4.25. The Bertz CT molecular complexity index is 261. The first-order valence-corrected chi connectivity index (χ1v) is 5.31. The molecule has 15 heavy (non-hydrogen) atoms. The summed E-state index contributed by atoms with van der Waals surface area (Å²) in [5.41, 5.74) is -0.643. The monoisotopic (exact) mass is 214 g/mol. The molecule has 4 nitrogen and oxygen atoms in total. The summed E-state index contributed by atoms with van der Waals surface area (Å²) >= 11 is 0. The van der Waals surface area contributed by atoms with E-state index < -0.39 is 5.60 Å². The van der Waals surface area contributed by atoms with E-state index in [1.165, 1.54) is 13.8 Å². The SMILES string of the molecule is CC(=O)O[C@@H]1CCCC[C@@]1(C)OC(C)=O. The van der Waals surface area contributed by atoms with E-state index in [9.17, 15) is 9.59 Å². The van der Waals surface area contributed by atoms with Crippen molar-refractivity contribution in [2.45, 2.75) is 58.2 Å². The highest BCUT2D eigenvalue weighted by molar-refractivity contribution is 5.67. The summed E-state index contributed by atoms with van der Waals surface area (Å²) in [5.74, 6) is -0.642. The van der Waals surface area contributed by atoms with E-state index in [1.807, 2.05) is 6.92 Å². The highest BCUT2D eigenvalue weighted by atomic mass is 16.6. The molecule has 0 unspecified atom stereocenters. The molecular weight excluding hydrogens is 196 g/mol. The maximum atomic E-state index is 11.0. The first-order valence-electron chi connectivity index (χ1n) is 5.31. The molecule has 2 atom stereocenters. The number of carbonyl (C=O) groups is 2. The quantitative estimate of drug-likeness (QED) is 0.658. The summed E-state index contributed by atoms with van der Waals surface area (Å²) in [5, 5.41) is 0. The molecule has 0 aromatic carbocycles. The average molecular weight is 214 g/mol. The zero-order valence-corrected chi connectivity index (χ0v) is 9.54. The van der Waals surface area contributed by atoms with Gasteiger partial charge in [0.15, 0.2) is 0 Å². The van der Waals surface area contributed by atoms with Crippen LogP contribution in [0.2, 0.25) is 0 Å². The number of rotatable bonds is 2. The second kappa shape index (κ2) is 4.64. The molecule has 0 saturated heterocycles. The molecule has 1 aliphatic rings. The lowest BCUT2D eigenvalue weighted by molar-refractivity contribution is -0.187. The second-order valence-electron chi connectivity index (χ2n) is 4.25. The predicted octanol–water partition coefficient (Wildman–Crippen LogP) is 1.81. The third-order valence-electron chi connectivity index (χ3n) is 2.76. The third kappa shape index (κ3) is 3.22. The molecule has 0 aliphatic heterocycles. The largest absolute Gasteiger partial charge is 0.458 e. The normalized spacial score (nSPS) is 30.7. The van der Waals surface area contributed by atoms with Gasteiger partial charge in [0.2, 0.25) is 0 Å². The van der Waals surface area contributed by atoms with Gasteiger partial charge in [0, 0.05) is 13.8 Å². The number of ether oxygens (including phenoxy) is 2. The van der Waals surface area contributed by atoms with Crippen molar-refractivity contribution < 1.29 is 19.1 Å². The molecule has 1 aliphatic carbocycles. The molecule has 0 radical (unpaired) electrons. The van der Waals surface area contributed by atoms with Crippen molar-refractivity contribution >= 4 is 11.9 Å². The van der Waals surface area contributed by atoms with Gasteiger partial charge in [-0.05, 0) is 32.6 Å². The van der Waals surface area contributed by atoms with E-state index in [-0.39, 0.29) is 18.0 Å². The number of carbonyl (C=O) groups excluding carboxylic acids is 2. The molecule has 0 N–H and O–H groups in total. The van der Waals surface area contributed by atoms with Crippen LogP contribution in [0.5, 0.6) is 0 Å². The molecule has 4 heteroatoms. The molecule has 1 fully saturated rings. The highest BCUT2D eigenvalue weighted by Crippen LogP contribution is 2.33. The molecule has 0 bridgehead atoms. The van der Waals surface area contributed by atoms with Gasteiger partial charge < -0.3 is 9.47 Å². The van der Waals surface area contributed by atoms with Crippen LogP contribution in [0.15, 0.2) is 0 Å². The lowest BCUT2D eigenvalue weighted by atomic mass is 9.83. The van der Waals surface area contributed by atoms with Crippen molar-refractivity contribution in [3.8, 4) is 0 Å². The van der Waals surface area contributed by atoms with Crippen molar-refractivity contribution in [3.63, 3.8) is 0 Å². The van der Waals surface area contributed by atoms with Gasteiger partial charge in [-0.25, -0.2) is 0 Å². The van der Waals surface area contributed by atoms with Crippen LogP contribution < -0.4 is 0 Å². The molecule has 1 saturated carbocycles. The predicted molar refractivity (Wildman–Crippen MR) is 54.2 cm³/mol. The maximum Gasteiger partial charge on any atom is 0.303 e. The topological polar surface area (TPSA) is 52.6 Å². The summed E-state index contributed by atoms with van der Waals surface area (Å²) in [4.78, 5) is 21.9. The van der Waals surface area contributed by atoms with Crippen molar-refractivity contribution in [1.82, 2.24) is 0 Å². The van der Waals surface area contributed by atoms with E-state index in [1.54, 1.807) is 0 Å². The fraction of sp³-hybridized carbons (Fsp3) is 0.818.